The molecule has 0 radical (unpaired) electrons. The molecule has 1 heterocycles. The predicted molar refractivity (Wildman–Crippen MR) is 320 cm³/mol. The van der Waals surface area contributed by atoms with Crippen molar-refractivity contribution < 1.29 is 95.9 Å². The molecule has 4 aromatic rings. The summed E-state index contributed by atoms with van der Waals surface area (Å²) in [6, 6.07) is 26.6. The molecule has 6 unspecified atom stereocenters. The number of ketones is 1. The summed E-state index contributed by atoms with van der Waals surface area (Å²) in [7, 11) is 0. The van der Waals surface area contributed by atoms with Gasteiger partial charge in [-0.05, 0) is 105 Å². The van der Waals surface area contributed by atoms with Gasteiger partial charge in [-0.25, -0.2) is 19.2 Å². The van der Waals surface area contributed by atoms with E-state index in [4.69, 9.17) is 47.4 Å². The van der Waals surface area contributed by atoms with Crippen molar-refractivity contribution in [1.82, 2.24) is 0 Å². The standard InChI is InChI=1S/C66H64O20S2/c1-5-51(67)79-35-45(81-53(69)7-3)33-77-41-25-29-43(30-26-41)83-62(73)37-17-21-39(22-18-37)64(75)85-58-49-15-11-12-16-50(49)59(61-60(58)87-66(88-61)55-56(71)47-13-9-10-14-48(47)57(55)72)86-65(76)40-23-19-38(20-24-40)63(74)84-44-31-27-42(28-32-44)78-34-46(82-54(70)8-4)36-80-52(68)6-2/h5-16,25-32,37-40,45-46,56,60-62,71,73H,1-4,17-24,33-36H2/b66-55-. The number of ether oxygens (including phenoxy) is 10. The van der Waals surface area contributed by atoms with Crippen molar-refractivity contribution in [3.63, 3.8) is 0 Å². The Bertz CT molecular complexity index is 3500. The van der Waals surface area contributed by atoms with Gasteiger partial charge in [-0.1, -0.05) is 74.8 Å². The molecule has 3 fully saturated rings. The molecule has 1 aliphatic heterocycles. The van der Waals surface area contributed by atoms with Crippen molar-refractivity contribution in [2.75, 3.05) is 26.4 Å². The minimum atomic E-state index is -1.22. The smallest absolute Gasteiger partial charge is 0.330 e. The summed E-state index contributed by atoms with van der Waals surface area (Å²) in [4.78, 5) is 103. The fraction of sp³-hybridized carbons (Fsp3) is 0.333. The van der Waals surface area contributed by atoms with Crippen molar-refractivity contribution in [2.24, 2.45) is 23.7 Å². The molecule has 460 valence electrons. The number of aliphatic hydroxyl groups is 2. The molecule has 1 saturated heterocycles. The van der Waals surface area contributed by atoms with Gasteiger partial charge in [-0.2, -0.15) is 0 Å². The SMILES string of the molecule is C=CC(=O)OCC(COc1ccc(OC(=O)C2CCC(C(=O)OC3=c4ccccc4=C(OC(=O)C4CCC(C(O)Oc5ccc(OCC(COC(=O)C=C)OC(=O)C=C)cc5)CC4)C4S/C(=C5/C(=O)c6ccccc6C5O)SC34)CC2)cc1)OC(=O)C=C. The molecular weight excluding hydrogens is 1180 g/mol. The van der Waals surface area contributed by atoms with E-state index in [-0.39, 0.29) is 49.5 Å². The summed E-state index contributed by atoms with van der Waals surface area (Å²) in [5.74, 6) is -4.60. The highest BCUT2D eigenvalue weighted by Gasteiger charge is 2.49. The Labute approximate surface area is 514 Å². The third-order valence-electron chi connectivity index (χ3n) is 15.3. The average molecular weight is 1240 g/mol. The first kappa shape index (κ1) is 63.8. The van der Waals surface area contributed by atoms with Gasteiger partial charge < -0.3 is 57.6 Å². The zero-order valence-electron chi connectivity index (χ0n) is 47.7. The molecule has 4 aliphatic carbocycles. The number of hydrogen-bond acceptors (Lipinski definition) is 22. The minimum absolute atomic E-state index is 0.144. The van der Waals surface area contributed by atoms with Crippen molar-refractivity contribution >= 4 is 82.6 Å². The highest BCUT2D eigenvalue weighted by Crippen LogP contribution is 2.58. The number of hydrogen-bond donors (Lipinski definition) is 2. The lowest BCUT2D eigenvalue weighted by Gasteiger charge is -2.32. The fourth-order valence-corrected chi connectivity index (χ4v) is 14.0. The second-order valence-electron chi connectivity index (χ2n) is 21.1. The summed E-state index contributed by atoms with van der Waals surface area (Å²) in [6.07, 6.45) is 2.58. The zero-order valence-corrected chi connectivity index (χ0v) is 49.3. The van der Waals surface area contributed by atoms with Crippen LogP contribution in [0.2, 0.25) is 0 Å². The van der Waals surface area contributed by atoms with Gasteiger partial charge in [-0.3, -0.25) is 19.2 Å². The molecule has 6 atom stereocenters. The Hall–Kier alpha value is -8.70. The molecule has 20 nitrogen and oxygen atoms in total. The Morgan fingerprint density at radius 3 is 1.38 bits per heavy atom. The second-order valence-corrected chi connectivity index (χ2v) is 23.6. The molecule has 22 heteroatoms. The monoisotopic (exact) mass is 1240 g/mol. The Kier molecular flexibility index (Phi) is 21.6. The molecule has 2 N–H and O–H groups in total. The highest BCUT2D eigenvalue weighted by atomic mass is 32.2. The lowest BCUT2D eigenvalue weighted by atomic mass is 9.81. The van der Waals surface area contributed by atoms with Crippen LogP contribution in [-0.2, 0) is 62.0 Å². The van der Waals surface area contributed by atoms with Crippen molar-refractivity contribution in [2.45, 2.75) is 86.5 Å². The molecule has 4 aromatic carbocycles. The Morgan fingerprint density at radius 2 is 0.920 bits per heavy atom. The van der Waals surface area contributed by atoms with E-state index in [0.29, 0.717) is 106 Å². The van der Waals surface area contributed by atoms with E-state index in [0.717, 1.165) is 24.3 Å². The van der Waals surface area contributed by atoms with Gasteiger partial charge in [0.05, 0.1) is 38.1 Å². The van der Waals surface area contributed by atoms with E-state index in [1.54, 1.807) is 97.1 Å². The van der Waals surface area contributed by atoms with E-state index in [1.807, 2.05) is 0 Å². The van der Waals surface area contributed by atoms with Crippen molar-refractivity contribution in [3.05, 3.63) is 179 Å². The van der Waals surface area contributed by atoms with Gasteiger partial charge in [0, 0.05) is 46.2 Å². The third kappa shape index (κ3) is 15.7. The van der Waals surface area contributed by atoms with Crippen LogP contribution in [0.4, 0.5) is 0 Å². The first-order valence-corrected chi connectivity index (χ1v) is 30.2. The molecule has 5 aliphatic rings. The number of esters is 7. The first-order chi connectivity index (χ1) is 42.5. The maximum atomic E-state index is 14.4. The minimum Gasteiger partial charge on any atom is -0.490 e. The van der Waals surface area contributed by atoms with E-state index in [1.165, 1.54) is 23.5 Å². The fourth-order valence-electron chi connectivity index (χ4n) is 10.7. The lowest BCUT2D eigenvalue weighted by Crippen LogP contribution is -2.44. The molecule has 0 spiro atoms. The zero-order chi connectivity index (χ0) is 62.4. The van der Waals surface area contributed by atoms with E-state index >= 15 is 0 Å². The van der Waals surface area contributed by atoms with Gasteiger partial charge in [0.15, 0.2) is 24.3 Å². The molecule has 0 bridgehead atoms. The summed E-state index contributed by atoms with van der Waals surface area (Å²) in [5, 5.41) is 22.5. The number of Topliss-reactive ketones (excluding diaryl/α,β-unsaturated/α-hetero) is 1. The van der Waals surface area contributed by atoms with Crippen LogP contribution in [0, 0.1) is 23.7 Å². The van der Waals surface area contributed by atoms with Gasteiger partial charge in [-0.15, -0.1) is 23.5 Å². The number of aliphatic hydroxyl groups excluding tert-OH is 2. The van der Waals surface area contributed by atoms with Crippen LogP contribution in [0.1, 0.15) is 73.4 Å². The number of carbonyl (C=O) groups excluding carboxylic acids is 8. The van der Waals surface area contributed by atoms with Crippen LogP contribution in [0.5, 0.6) is 23.0 Å². The van der Waals surface area contributed by atoms with Crippen molar-refractivity contribution in [1.29, 1.82) is 0 Å². The van der Waals surface area contributed by atoms with E-state index in [9.17, 15) is 48.6 Å². The van der Waals surface area contributed by atoms with Crippen LogP contribution < -0.4 is 29.4 Å². The molecule has 2 saturated carbocycles. The number of benzene rings is 4. The summed E-state index contributed by atoms with van der Waals surface area (Å²) in [6.45, 7) is 12.6. The summed E-state index contributed by atoms with van der Waals surface area (Å²) in [5.41, 5.74) is 1.05. The predicted octanol–water partition coefficient (Wildman–Crippen LogP) is 7.39. The van der Waals surface area contributed by atoms with Crippen LogP contribution in [-0.4, -0.2) is 113 Å². The average Bonchev–Trinajstić information content (AvgIpc) is 1.58. The van der Waals surface area contributed by atoms with Crippen molar-refractivity contribution in [3.8, 4) is 23.0 Å². The largest absolute Gasteiger partial charge is 0.490 e. The topological polar surface area (TPSA) is 269 Å². The van der Waals surface area contributed by atoms with Crippen LogP contribution >= 0.6 is 23.5 Å². The van der Waals surface area contributed by atoms with E-state index in [2.05, 4.69) is 26.3 Å². The van der Waals surface area contributed by atoms with Gasteiger partial charge in [0.1, 0.15) is 67.0 Å². The lowest BCUT2D eigenvalue weighted by molar-refractivity contribution is -0.154. The molecule has 9 rings (SSSR count). The highest BCUT2D eigenvalue weighted by molar-refractivity contribution is 8.26. The van der Waals surface area contributed by atoms with Crippen LogP contribution in [0.25, 0.3) is 11.5 Å². The Balaban J connectivity index is 0.837. The molecule has 0 amide bonds. The molecule has 88 heavy (non-hydrogen) atoms. The van der Waals surface area contributed by atoms with E-state index < -0.39 is 94.6 Å². The molecular formula is C66H64O20S2. The first-order valence-electron chi connectivity index (χ1n) is 28.5. The van der Waals surface area contributed by atoms with Gasteiger partial charge >= 0.3 is 41.8 Å². The van der Waals surface area contributed by atoms with Crippen LogP contribution in [0.15, 0.2) is 157 Å². The quantitative estimate of drug-likeness (QED) is 0.0215. The normalized spacial score (nSPS) is 22.7. The van der Waals surface area contributed by atoms with Gasteiger partial charge in [0.2, 0.25) is 0 Å². The summed E-state index contributed by atoms with van der Waals surface area (Å²) < 4.78 is 57.0. The maximum Gasteiger partial charge on any atom is 0.330 e. The second kappa shape index (κ2) is 29.8. The number of fused-ring (bicyclic) bond motifs is 3. The van der Waals surface area contributed by atoms with Gasteiger partial charge in [0.25, 0.3) is 0 Å². The Morgan fingerprint density at radius 1 is 0.511 bits per heavy atom. The number of carbonyl (C=O) groups is 8. The number of rotatable bonds is 25. The third-order valence-corrected chi connectivity index (χ3v) is 18.4. The number of thioether (sulfide) groups is 2. The van der Waals surface area contributed by atoms with Crippen LogP contribution in [0.3, 0.4) is 0 Å². The molecule has 0 aromatic heterocycles. The summed E-state index contributed by atoms with van der Waals surface area (Å²) >= 11 is 2.54. The maximum absolute atomic E-state index is 14.4.